The predicted octanol–water partition coefficient (Wildman–Crippen LogP) is 3.57. The van der Waals surface area contributed by atoms with E-state index in [9.17, 15) is 14.3 Å². The van der Waals surface area contributed by atoms with Gasteiger partial charge >= 0.3 is 0 Å². The van der Waals surface area contributed by atoms with Gasteiger partial charge in [-0.3, -0.25) is 4.79 Å². The number of carbonyl (C=O) groups excluding carboxylic acids is 1. The molecule has 0 aliphatic heterocycles. The summed E-state index contributed by atoms with van der Waals surface area (Å²) in [4.78, 5) is 12.2. The van der Waals surface area contributed by atoms with E-state index in [0.717, 1.165) is 18.5 Å². The average molecular weight is 334 g/mol. The number of aliphatic hydroxyl groups excluding tert-OH is 1. The summed E-state index contributed by atoms with van der Waals surface area (Å²) in [7, 11) is 0. The zero-order chi connectivity index (χ0) is 17.7. The normalized spacial score (nSPS) is 13.8. The van der Waals surface area contributed by atoms with E-state index in [1.54, 1.807) is 13.0 Å². The fourth-order valence-electron chi connectivity index (χ4n) is 2.60. The highest BCUT2D eigenvalue weighted by molar-refractivity contribution is 5.91. The van der Waals surface area contributed by atoms with Crippen LogP contribution in [0.2, 0.25) is 0 Å². The highest BCUT2D eigenvalue weighted by Gasteiger charge is 2.22. The number of benzene rings is 1. The molecule has 0 saturated carbocycles. The smallest absolute Gasteiger partial charge is 0.290 e. The van der Waals surface area contributed by atoms with Gasteiger partial charge < -0.3 is 14.9 Å². The minimum Gasteiger partial charge on any atom is -0.386 e. The van der Waals surface area contributed by atoms with Crippen molar-refractivity contribution in [2.24, 2.45) is 0 Å². The average Bonchev–Trinajstić information content (AvgIpc) is 3.06. The number of halogens is 1. The summed E-state index contributed by atoms with van der Waals surface area (Å²) in [6, 6.07) is 6.59. The highest BCUT2D eigenvalue weighted by Crippen LogP contribution is 2.23. The van der Waals surface area contributed by atoms with Gasteiger partial charge in [0.05, 0.1) is 17.8 Å². The van der Waals surface area contributed by atoms with Crippen molar-refractivity contribution < 1.29 is 18.8 Å². The minimum absolute atomic E-state index is 0.120. The first kappa shape index (κ1) is 18.1. The molecule has 0 saturated heterocycles. The van der Waals surface area contributed by atoms with Crippen LogP contribution in [-0.4, -0.2) is 22.2 Å². The minimum atomic E-state index is -0.948. The molecule has 2 unspecified atom stereocenters. The van der Waals surface area contributed by atoms with Crippen LogP contribution in [-0.2, 0) is 0 Å². The van der Waals surface area contributed by atoms with E-state index >= 15 is 0 Å². The maximum absolute atomic E-state index is 12.9. The van der Waals surface area contributed by atoms with Gasteiger partial charge in [-0.2, -0.15) is 0 Å². The van der Waals surface area contributed by atoms with Crippen molar-refractivity contribution in [1.29, 1.82) is 0 Å². The summed E-state index contributed by atoms with van der Waals surface area (Å²) in [6.07, 6.45) is 0.893. The van der Waals surface area contributed by atoms with E-state index in [1.807, 2.05) is 0 Å². The van der Waals surface area contributed by atoms with Crippen molar-refractivity contribution in [1.82, 2.24) is 10.5 Å². The van der Waals surface area contributed by atoms with Gasteiger partial charge in [0.1, 0.15) is 5.82 Å². The molecule has 130 valence electrons. The van der Waals surface area contributed by atoms with E-state index in [2.05, 4.69) is 24.3 Å². The maximum Gasteiger partial charge on any atom is 0.290 e. The molecule has 2 aromatic rings. The molecule has 2 rings (SSSR count). The lowest BCUT2D eigenvalue weighted by Gasteiger charge is -2.20. The Morgan fingerprint density at radius 2 is 1.92 bits per heavy atom. The first-order valence-electron chi connectivity index (χ1n) is 8.17. The molecule has 0 bridgehead atoms. The Labute approximate surface area is 140 Å². The number of nitrogens with zero attached hydrogens (tertiary/aromatic N) is 1. The Kier molecular flexibility index (Phi) is 6.09. The lowest BCUT2D eigenvalue weighted by atomic mass is 9.99. The molecule has 0 aliphatic carbocycles. The number of aliphatic hydroxyl groups is 1. The van der Waals surface area contributed by atoms with Crippen LogP contribution in [0.15, 0.2) is 34.9 Å². The lowest BCUT2D eigenvalue weighted by molar-refractivity contribution is 0.0817. The molecule has 2 N–H and O–H groups in total. The SMILES string of the molecule is CCC(CC)c1cc(C(=O)NC(C)C(O)c2ccc(F)cc2)on1. The third kappa shape index (κ3) is 4.20. The van der Waals surface area contributed by atoms with Gasteiger partial charge in [0.15, 0.2) is 0 Å². The van der Waals surface area contributed by atoms with Crippen LogP contribution in [0, 0.1) is 5.82 Å². The molecule has 6 heteroatoms. The number of amides is 1. The van der Waals surface area contributed by atoms with E-state index in [4.69, 9.17) is 4.52 Å². The second kappa shape index (κ2) is 8.06. The number of rotatable bonds is 7. The summed E-state index contributed by atoms with van der Waals surface area (Å²) in [6.45, 7) is 5.79. The van der Waals surface area contributed by atoms with Gasteiger partial charge in [-0.05, 0) is 37.5 Å². The van der Waals surface area contributed by atoms with E-state index in [-0.39, 0.29) is 17.5 Å². The van der Waals surface area contributed by atoms with E-state index in [0.29, 0.717) is 5.56 Å². The van der Waals surface area contributed by atoms with Crippen LogP contribution in [0.1, 0.15) is 67.4 Å². The van der Waals surface area contributed by atoms with E-state index in [1.165, 1.54) is 24.3 Å². The third-order valence-electron chi connectivity index (χ3n) is 4.20. The molecule has 1 aromatic carbocycles. The molecule has 0 aliphatic rings. The monoisotopic (exact) mass is 334 g/mol. The number of nitrogens with one attached hydrogen (secondary N) is 1. The maximum atomic E-state index is 12.9. The Morgan fingerprint density at radius 1 is 1.29 bits per heavy atom. The van der Waals surface area contributed by atoms with Crippen LogP contribution in [0.3, 0.4) is 0 Å². The van der Waals surface area contributed by atoms with Gasteiger partial charge in [-0.15, -0.1) is 0 Å². The van der Waals surface area contributed by atoms with Gasteiger partial charge in [0.2, 0.25) is 5.76 Å². The highest BCUT2D eigenvalue weighted by atomic mass is 19.1. The van der Waals surface area contributed by atoms with Crippen LogP contribution >= 0.6 is 0 Å². The summed E-state index contributed by atoms with van der Waals surface area (Å²) in [5.74, 6) is -0.431. The van der Waals surface area contributed by atoms with Gasteiger partial charge in [0, 0.05) is 12.0 Å². The first-order chi connectivity index (χ1) is 11.5. The summed E-state index contributed by atoms with van der Waals surface area (Å²) < 4.78 is 18.1. The molecular formula is C18H23FN2O3. The third-order valence-corrected chi connectivity index (χ3v) is 4.20. The summed E-state index contributed by atoms with van der Waals surface area (Å²) >= 11 is 0. The van der Waals surface area contributed by atoms with Crippen LogP contribution < -0.4 is 5.32 Å². The fourth-order valence-corrected chi connectivity index (χ4v) is 2.60. The Hall–Kier alpha value is -2.21. The standard InChI is InChI=1S/C18H23FN2O3/c1-4-12(5-2)15-10-16(24-21-15)18(23)20-11(3)17(22)13-6-8-14(19)9-7-13/h6-12,17,22H,4-5H2,1-3H3,(H,20,23). The van der Waals surface area contributed by atoms with Crippen molar-refractivity contribution >= 4 is 5.91 Å². The predicted molar refractivity (Wildman–Crippen MR) is 88.1 cm³/mol. The molecule has 0 radical (unpaired) electrons. The Morgan fingerprint density at radius 3 is 2.50 bits per heavy atom. The molecule has 24 heavy (non-hydrogen) atoms. The van der Waals surface area contributed by atoms with Crippen LogP contribution in [0.5, 0.6) is 0 Å². The lowest BCUT2D eigenvalue weighted by Crippen LogP contribution is -2.36. The number of carbonyl (C=O) groups is 1. The largest absolute Gasteiger partial charge is 0.386 e. The van der Waals surface area contributed by atoms with Gasteiger partial charge in [-0.25, -0.2) is 4.39 Å². The fraction of sp³-hybridized carbons (Fsp3) is 0.444. The van der Waals surface area contributed by atoms with Crippen LogP contribution in [0.4, 0.5) is 4.39 Å². The first-order valence-corrected chi connectivity index (χ1v) is 8.17. The van der Waals surface area contributed by atoms with Crippen molar-refractivity contribution in [2.75, 3.05) is 0 Å². The molecule has 1 amide bonds. The molecule has 0 spiro atoms. The van der Waals surface area contributed by atoms with Crippen LogP contribution in [0.25, 0.3) is 0 Å². The molecular weight excluding hydrogens is 311 g/mol. The molecule has 0 fully saturated rings. The molecule has 2 atom stereocenters. The molecule has 1 heterocycles. The van der Waals surface area contributed by atoms with Gasteiger partial charge in [-0.1, -0.05) is 31.1 Å². The molecule has 1 aromatic heterocycles. The summed E-state index contributed by atoms with van der Waals surface area (Å²) in [5, 5.41) is 16.9. The number of hydrogen-bond donors (Lipinski definition) is 2. The zero-order valence-corrected chi connectivity index (χ0v) is 14.1. The molecule has 5 nitrogen and oxygen atoms in total. The number of hydrogen-bond acceptors (Lipinski definition) is 4. The van der Waals surface area contributed by atoms with Crippen molar-refractivity contribution in [3.05, 3.63) is 53.2 Å². The summed E-state index contributed by atoms with van der Waals surface area (Å²) in [5.41, 5.74) is 1.29. The Balaban J connectivity index is 2.02. The van der Waals surface area contributed by atoms with Crippen molar-refractivity contribution in [3.8, 4) is 0 Å². The second-order valence-electron chi connectivity index (χ2n) is 5.89. The van der Waals surface area contributed by atoms with E-state index < -0.39 is 18.1 Å². The number of aromatic nitrogens is 1. The van der Waals surface area contributed by atoms with Crippen molar-refractivity contribution in [2.45, 2.75) is 51.7 Å². The van der Waals surface area contributed by atoms with Gasteiger partial charge in [0.25, 0.3) is 5.91 Å². The topological polar surface area (TPSA) is 75.4 Å². The zero-order valence-electron chi connectivity index (χ0n) is 14.1. The second-order valence-corrected chi connectivity index (χ2v) is 5.89. The van der Waals surface area contributed by atoms with Crippen molar-refractivity contribution in [3.63, 3.8) is 0 Å². The quantitative estimate of drug-likeness (QED) is 0.812. The Bertz CT molecular complexity index is 665.